The van der Waals surface area contributed by atoms with Crippen molar-refractivity contribution in [3.63, 3.8) is 0 Å². The molecule has 72 valence electrons. The van der Waals surface area contributed by atoms with Crippen molar-refractivity contribution < 1.29 is 13.6 Å². The van der Waals surface area contributed by atoms with Crippen molar-refractivity contribution in [3.05, 3.63) is 34.9 Å². The Balaban J connectivity index is 3.29. The molecule has 0 aliphatic heterocycles. The summed E-state index contributed by atoms with van der Waals surface area (Å²) in [6, 6.07) is 5.22. The van der Waals surface area contributed by atoms with Gasteiger partial charge in [0, 0.05) is 11.1 Å². The number of Topliss-reactive ketones (excluding diaryl/α,β-unsaturated/α-hetero) is 1. The largest absolute Gasteiger partial charge is 0.295 e. The van der Waals surface area contributed by atoms with Crippen molar-refractivity contribution in [1.29, 1.82) is 5.26 Å². The predicted molar refractivity (Wildman–Crippen MR) is 46.1 cm³/mol. The molecule has 0 amide bonds. The van der Waals surface area contributed by atoms with Gasteiger partial charge in [-0.2, -0.15) is 5.26 Å². The van der Waals surface area contributed by atoms with Gasteiger partial charge in [0.15, 0.2) is 5.78 Å². The maximum atomic E-state index is 12.3. The smallest absolute Gasteiger partial charge is 0.263 e. The number of nitriles is 1. The Bertz CT molecular complexity index is 407. The molecular weight excluding hydrogens is 188 g/mol. The van der Waals surface area contributed by atoms with Crippen molar-refractivity contribution in [2.75, 3.05) is 0 Å². The fraction of sp³-hybridized carbons (Fsp3) is 0.200. The van der Waals surface area contributed by atoms with Crippen LogP contribution in [0.15, 0.2) is 18.2 Å². The average molecular weight is 195 g/mol. The van der Waals surface area contributed by atoms with Crippen molar-refractivity contribution in [2.45, 2.75) is 13.3 Å². The molecule has 2 nitrogen and oxygen atoms in total. The van der Waals surface area contributed by atoms with Crippen LogP contribution < -0.4 is 0 Å². The van der Waals surface area contributed by atoms with Crippen molar-refractivity contribution in [2.24, 2.45) is 0 Å². The number of hydrogen-bond acceptors (Lipinski definition) is 2. The molecule has 0 heterocycles. The zero-order valence-corrected chi connectivity index (χ0v) is 7.42. The van der Waals surface area contributed by atoms with E-state index in [4.69, 9.17) is 5.26 Å². The fourth-order valence-electron chi connectivity index (χ4n) is 1.05. The van der Waals surface area contributed by atoms with Crippen LogP contribution in [-0.4, -0.2) is 5.78 Å². The quantitative estimate of drug-likeness (QED) is 0.680. The van der Waals surface area contributed by atoms with Crippen LogP contribution in [0.3, 0.4) is 0 Å². The van der Waals surface area contributed by atoms with Gasteiger partial charge in [-0.1, -0.05) is 0 Å². The van der Waals surface area contributed by atoms with E-state index in [1.165, 1.54) is 13.0 Å². The molecule has 1 aromatic rings. The van der Waals surface area contributed by atoms with Gasteiger partial charge in [0.1, 0.15) is 0 Å². The highest BCUT2D eigenvalue weighted by Crippen LogP contribution is 2.21. The van der Waals surface area contributed by atoms with E-state index in [1.54, 1.807) is 6.07 Å². The lowest BCUT2D eigenvalue weighted by Crippen LogP contribution is -1.96. The summed E-state index contributed by atoms with van der Waals surface area (Å²) in [7, 11) is 0. The van der Waals surface area contributed by atoms with Gasteiger partial charge in [-0.15, -0.1) is 0 Å². The van der Waals surface area contributed by atoms with Crippen molar-refractivity contribution >= 4 is 5.78 Å². The number of nitrogens with zero attached hydrogens (tertiary/aromatic N) is 1. The molecular formula is C10H7F2NO. The van der Waals surface area contributed by atoms with Gasteiger partial charge in [0.2, 0.25) is 0 Å². The second-order valence-electron chi connectivity index (χ2n) is 2.81. The van der Waals surface area contributed by atoms with Gasteiger partial charge >= 0.3 is 0 Å². The summed E-state index contributed by atoms with van der Waals surface area (Å²) in [4.78, 5) is 10.9. The van der Waals surface area contributed by atoms with E-state index in [0.29, 0.717) is 0 Å². The summed E-state index contributed by atoms with van der Waals surface area (Å²) >= 11 is 0. The van der Waals surface area contributed by atoms with Gasteiger partial charge in [0.05, 0.1) is 11.6 Å². The summed E-state index contributed by atoms with van der Waals surface area (Å²) < 4.78 is 24.6. The zero-order valence-electron chi connectivity index (χ0n) is 7.42. The second-order valence-corrected chi connectivity index (χ2v) is 2.81. The molecule has 1 rings (SSSR count). The second kappa shape index (κ2) is 3.97. The average Bonchev–Trinajstić information content (AvgIpc) is 2.16. The standard InChI is InChI=1S/C10H7F2NO/c1-6(14)8-2-7(5-13)3-9(4-8)10(11)12/h2-4,10H,1H3. The zero-order chi connectivity index (χ0) is 10.7. The highest BCUT2D eigenvalue weighted by atomic mass is 19.3. The molecule has 0 N–H and O–H groups in total. The van der Waals surface area contributed by atoms with Gasteiger partial charge in [-0.3, -0.25) is 4.79 Å². The lowest BCUT2D eigenvalue weighted by molar-refractivity contribution is 0.101. The minimum Gasteiger partial charge on any atom is -0.295 e. The van der Waals surface area contributed by atoms with E-state index in [0.717, 1.165) is 12.1 Å². The lowest BCUT2D eigenvalue weighted by Gasteiger charge is -2.02. The SMILES string of the molecule is CC(=O)c1cc(C#N)cc(C(F)F)c1. The number of carbonyl (C=O) groups is 1. The molecule has 1 aromatic carbocycles. The molecule has 4 heteroatoms. The highest BCUT2D eigenvalue weighted by molar-refractivity contribution is 5.94. The summed E-state index contributed by atoms with van der Waals surface area (Å²) in [5.41, 5.74) is -0.0819. The van der Waals surface area contributed by atoms with Crippen LogP contribution >= 0.6 is 0 Å². The Labute approximate surface area is 79.8 Å². The number of carbonyl (C=O) groups excluding carboxylic acids is 1. The van der Waals surface area contributed by atoms with E-state index < -0.39 is 6.43 Å². The first kappa shape index (κ1) is 10.3. The number of halogens is 2. The third-order valence-electron chi connectivity index (χ3n) is 1.74. The molecule has 0 spiro atoms. The van der Waals surface area contributed by atoms with Gasteiger partial charge in [-0.05, 0) is 25.1 Å². The topological polar surface area (TPSA) is 40.9 Å². The molecule has 14 heavy (non-hydrogen) atoms. The van der Waals surface area contributed by atoms with Gasteiger partial charge in [0.25, 0.3) is 6.43 Å². The molecule has 0 atom stereocenters. The third-order valence-corrected chi connectivity index (χ3v) is 1.74. The fourth-order valence-corrected chi connectivity index (χ4v) is 1.05. The normalized spacial score (nSPS) is 9.93. The van der Waals surface area contributed by atoms with E-state index >= 15 is 0 Å². The van der Waals surface area contributed by atoms with Gasteiger partial charge < -0.3 is 0 Å². The minimum absolute atomic E-state index is 0.0769. The monoisotopic (exact) mass is 195 g/mol. The molecule has 0 saturated heterocycles. The number of benzene rings is 1. The Morgan fingerprint density at radius 2 is 2.07 bits per heavy atom. The number of hydrogen-bond donors (Lipinski definition) is 0. The maximum absolute atomic E-state index is 12.3. The predicted octanol–water partition coefficient (Wildman–Crippen LogP) is 2.70. The van der Waals surface area contributed by atoms with Crippen LogP contribution in [0.4, 0.5) is 8.78 Å². The lowest BCUT2D eigenvalue weighted by atomic mass is 10.0. The Morgan fingerprint density at radius 3 is 2.50 bits per heavy atom. The van der Waals surface area contributed by atoms with Crippen LogP contribution in [-0.2, 0) is 0 Å². The Morgan fingerprint density at radius 1 is 1.43 bits per heavy atom. The van der Waals surface area contributed by atoms with Gasteiger partial charge in [-0.25, -0.2) is 8.78 Å². The van der Waals surface area contributed by atoms with E-state index in [1.807, 2.05) is 0 Å². The minimum atomic E-state index is -2.67. The maximum Gasteiger partial charge on any atom is 0.263 e. The van der Waals surface area contributed by atoms with Crippen LogP contribution in [0.1, 0.15) is 34.8 Å². The summed E-state index contributed by atoms with van der Waals surface area (Å²) in [5, 5.41) is 8.54. The van der Waals surface area contributed by atoms with Crippen LogP contribution in [0.2, 0.25) is 0 Å². The number of rotatable bonds is 2. The van der Waals surface area contributed by atoms with E-state index in [2.05, 4.69) is 0 Å². The molecule has 0 fully saturated rings. The molecule has 0 aliphatic rings. The highest BCUT2D eigenvalue weighted by Gasteiger charge is 2.11. The first-order chi connectivity index (χ1) is 6.54. The third kappa shape index (κ3) is 2.13. The Hall–Kier alpha value is -1.76. The molecule has 0 unspecified atom stereocenters. The van der Waals surface area contributed by atoms with Crippen molar-refractivity contribution in [1.82, 2.24) is 0 Å². The number of ketones is 1. The molecule has 0 aliphatic carbocycles. The summed E-state index contributed by atoms with van der Waals surface area (Å²) in [6.07, 6.45) is -2.67. The van der Waals surface area contributed by atoms with Crippen LogP contribution in [0.25, 0.3) is 0 Å². The van der Waals surface area contributed by atoms with Crippen molar-refractivity contribution in [3.8, 4) is 6.07 Å². The van der Waals surface area contributed by atoms with E-state index in [9.17, 15) is 13.6 Å². The van der Waals surface area contributed by atoms with Crippen LogP contribution in [0.5, 0.6) is 0 Å². The molecule has 0 saturated carbocycles. The summed E-state index contributed by atoms with van der Waals surface area (Å²) in [6.45, 7) is 1.27. The Kier molecular flexibility index (Phi) is 2.92. The molecule has 0 radical (unpaired) electrons. The van der Waals surface area contributed by atoms with Crippen LogP contribution in [0, 0.1) is 11.3 Å². The van der Waals surface area contributed by atoms with E-state index in [-0.39, 0.29) is 22.5 Å². The molecule has 0 aromatic heterocycles. The number of alkyl halides is 2. The first-order valence-corrected chi connectivity index (χ1v) is 3.88. The first-order valence-electron chi connectivity index (χ1n) is 3.88. The molecule has 0 bridgehead atoms. The summed E-state index contributed by atoms with van der Waals surface area (Å²) in [5.74, 6) is -0.330.